The summed E-state index contributed by atoms with van der Waals surface area (Å²) in [5.74, 6) is -0.248. The van der Waals surface area contributed by atoms with Gasteiger partial charge >= 0.3 is 5.97 Å². The first-order chi connectivity index (χ1) is 10.9. The van der Waals surface area contributed by atoms with Gasteiger partial charge in [0.05, 0.1) is 6.04 Å². The van der Waals surface area contributed by atoms with Crippen LogP contribution in [0.3, 0.4) is 0 Å². The third kappa shape index (κ3) is 2.83. The van der Waals surface area contributed by atoms with E-state index in [0.717, 1.165) is 11.3 Å². The van der Waals surface area contributed by atoms with E-state index in [9.17, 15) is 4.79 Å². The summed E-state index contributed by atoms with van der Waals surface area (Å²) in [6, 6.07) is 16.7. The number of anilines is 1. The van der Waals surface area contributed by atoms with E-state index in [1.165, 1.54) is 18.1 Å². The van der Waals surface area contributed by atoms with E-state index in [4.69, 9.17) is 4.74 Å². The molecule has 3 rings (SSSR count). The van der Waals surface area contributed by atoms with Crippen molar-refractivity contribution in [3.63, 3.8) is 0 Å². The molecular formula is C20H23NO2. The molecule has 0 saturated heterocycles. The highest BCUT2D eigenvalue weighted by Gasteiger charge is 2.45. The molecule has 1 aliphatic heterocycles. The maximum Gasteiger partial charge on any atom is 0.303 e. The zero-order chi connectivity index (χ0) is 16.6. The van der Waals surface area contributed by atoms with Crippen molar-refractivity contribution in [3.8, 4) is 0 Å². The lowest BCUT2D eigenvalue weighted by molar-refractivity contribution is -0.154. The third-order valence-corrected chi connectivity index (χ3v) is 4.66. The zero-order valence-electron chi connectivity index (χ0n) is 14.1. The molecule has 2 aromatic rings. The molecule has 0 aromatic heterocycles. The van der Waals surface area contributed by atoms with E-state index in [0.29, 0.717) is 0 Å². The number of hydrogen-bond acceptors (Lipinski definition) is 3. The third-order valence-electron chi connectivity index (χ3n) is 4.66. The van der Waals surface area contributed by atoms with E-state index in [1.807, 2.05) is 24.3 Å². The molecule has 120 valence electrons. The maximum absolute atomic E-state index is 11.7. The summed E-state index contributed by atoms with van der Waals surface area (Å²) in [6.45, 7) is 7.85. The number of carbonyl (C=O) groups is 1. The highest BCUT2D eigenvalue weighted by atomic mass is 16.5. The van der Waals surface area contributed by atoms with Crippen molar-refractivity contribution < 1.29 is 9.53 Å². The summed E-state index contributed by atoms with van der Waals surface area (Å²) in [5, 5.41) is 3.63. The van der Waals surface area contributed by atoms with Gasteiger partial charge in [0.15, 0.2) is 0 Å². The van der Waals surface area contributed by atoms with Gasteiger partial charge in [-0.2, -0.15) is 0 Å². The maximum atomic E-state index is 11.7. The molecular weight excluding hydrogens is 286 g/mol. The molecule has 23 heavy (non-hydrogen) atoms. The fourth-order valence-corrected chi connectivity index (χ4v) is 3.40. The minimum Gasteiger partial charge on any atom is -0.457 e. The molecule has 0 bridgehead atoms. The molecule has 1 N–H and O–H groups in total. The number of esters is 1. The minimum absolute atomic E-state index is 0.0716. The lowest BCUT2D eigenvalue weighted by Gasteiger charge is -2.46. The van der Waals surface area contributed by atoms with Crippen LogP contribution in [0.2, 0.25) is 0 Å². The largest absolute Gasteiger partial charge is 0.457 e. The summed E-state index contributed by atoms with van der Waals surface area (Å²) in [6.07, 6.45) is -0.274. The number of benzene rings is 2. The van der Waals surface area contributed by atoms with Crippen molar-refractivity contribution in [3.05, 3.63) is 65.2 Å². The summed E-state index contributed by atoms with van der Waals surface area (Å²) in [5.41, 5.74) is 4.24. The second-order valence-corrected chi connectivity index (χ2v) is 6.89. The first kappa shape index (κ1) is 15.6. The Labute approximate surface area is 137 Å². The van der Waals surface area contributed by atoms with E-state index in [-0.39, 0.29) is 23.5 Å². The van der Waals surface area contributed by atoms with Crippen molar-refractivity contribution in [1.82, 2.24) is 0 Å². The summed E-state index contributed by atoms with van der Waals surface area (Å²) in [4.78, 5) is 11.7. The number of nitrogens with one attached hydrogen (secondary N) is 1. The van der Waals surface area contributed by atoms with Crippen LogP contribution in [0.4, 0.5) is 5.69 Å². The van der Waals surface area contributed by atoms with Gasteiger partial charge in [0.2, 0.25) is 0 Å². The zero-order valence-corrected chi connectivity index (χ0v) is 14.1. The van der Waals surface area contributed by atoms with Gasteiger partial charge < -0.3 is 10.1 Å². The molecule has 0 spiro atoms. The number of hydrogen-bond donors (Lipinski definition) is 1. The summed E-state index contributed by atoms with van der Waals surface area (Å²) >= 11 is 0. The van der Waals surface area contributed by atoms with Crippen LogP contribution in [0.15, 0.2) is 48.5 Å². The van der Waals surface area contributed by atoms with E-state index in [1.54, 1.807) is 0 Å². The van der Waals surface area contributed by atoms with E-state index in [2.05, 4.69) is 50.4 Å². The van der Waals surface area contributed by atoms with Crippen LogP contribution in [-0.2, 0) is 9.53 Å². The van der Waals surface area contributed by atoms with Gasteiger partial charge in [-0.1, -0.05) is 61.9 Å². The molecule has 0 aliphatic carbocycles. The second kappa shape index (κ2) is 5.73. The highest BCUT2D eigenvalue weighted by Crippen LogP contribution is 2.52. The van der Waals surface area contributed by atoms with Crippen LogP contribution in [0.25, 0.3) is 0 Å². The first-order valence-electron chi connectivity index (χ1n) is 7.99. The van der Waals surface area contributed by atoms with Crippen LogP contribution in [-0.4, -0.2) is 5.97 Å². The lowest BCUT2D eigenvalue weighted by Crippen LogP contribution is -2.40. The minimum atomic E-state index is -0.274. The summed E-state index contributed by atoms with van der Waals surface area (Å²) in [7, 11) is 0. The van der Waals surface area contributed by atoms with Crippen molar-refractivity contribution in [1.29, 1.82) is 0 Å². The number of rotatable bonds is 2. The fourth-order valence-electron chi connectivity index (χ4n) is 3.40. The normalized spacial score (nSPS) is 21.9. The van der Waals surface area contributed by atoms with Crippen molar-refractivity contribution in [2.75, 3.05) is 5.32 Å². The Kier molecular flexibility index (Phi) is 3.88. The number of ether oxygens (including phenoxy) is 1. The monoisotopic (exact) mass is 309 g/mol. The van der Waals surface area contributed by atoms with Gasteiger partial charge in [0.1, 0.15) is 6.10 Å². The molecule has 0 amide bonds. The summed E-state index contributed by atoms with van der Waals surface area (Å²) < 4.78 is 5.73. The fraction of sp³-hybridized carbons (Fsp3) is 0.350. The second-order valence-electron chi connectivity index (χ2n) is 6.89. The molecule has 2 aromatic carbocycles. The van der Waals surface area contributed by atoms with Crippen LogP contribution in [0, 0.1) is 12.3 Å². The predicted octanol–water partition coefficient (Wildman–Crippen LogP) is 4.79. The van der Waals surface area contributed by atoms with E-state index >= 15 is 0 Å². The van der Waals surface area contributed by atoms with Crippen LogP contribution in [0.5, 0.6) is 0 Å². The number of carbonyl (C=O) groups excluding carboxylic acids is 1. The van der Waals surface area contributed by atoms with Crippen molar-refractivity contribution >= 4 is 11.7 Å². The standard InChI is InChI=1S/C20H23NO2/c1-13-9-11-15(12-10-13)18-20(3,4)19(23-14(2)22)16-7-5-6-8-17(16)21-18/h5-12,18-19,21H,1-4H3/t18-,19+/m1/s1. The van der Waals surface area contributed by atoms with Crippen molar-refractivity contribution in [2.45, 2.75) is 39.8 Å². The van der Waals surface area contributed by atoms with Gasteiger partial charge in [-0.15, -0.1) is 0 Å². The number of fused-ring (bicyclic) bond motifs is 1. The lowest BCUT2D eigenvalue weighted by atomic mass is 9.70. The first-order valence-corrected chi connectivity index (χ1v) is 7.99. The molecule has 1 heterocycles. The average molecular weight is 309 g/mol. The van der Waals surface area contributed by atoms with Crippen molar-refractivity contribution in [2.24, 2.45) is 5.41 Å². The molecule has 1 aliphatic rings. The Hall–Kier alpha value is -2.29. The highest BCUT2D eigenvalue weighted by molar-refractivity contribution is 5.68. The Balaban J connectivity index is 2.09. The molecule has 3 nitrogen and oxygen atoms in total. The van der Waals surface area contributed by atoms with E-state index < -0.39 is 0 Å². The van der Waals surface area contributed by atoms with Crippen LogP contribution >= 0.6 is 0 Å². The molecule has 0 saturated carbocycles. The van der Waals surface area contributed by atoms with Gasteiger partial charge in [-0.25, -0.2) is 0 Å². The van der Waals surface area contributed by atoms with Gasteiger partial charge in [0, 0.05) is 23.6 Å². The van der Waals surface area contributed by atoms with Gasteiger partial charge in [-0.05, 0) is 18.6 Å². The van der Waals surface area contributed by atoms with Crippen LogP contribution < -0.4 is 5.32 Å². The average Bonchev–Trinajstić information content (AvgIpc) is 2.51. The topological polar surface area (TPSA) is 38.3 Å². The smallest absolute Gasteiger partial charge is 0.303 e. The van der Waals surface area contributed by atoms with Gasteiger partial charge in [-0.3, -0.25) is 4.79 Å². The Bertz CT molecular complexity index is 719. The SMILES string of the molecule is CC(=O)O[C@H]1c2ccccc2N[C@H](c2ccc(C)cc2)C1(C)C. The number of para-hydroxylation sites is 1. The van der Waals surface area contributed by atoms with Gasteiger partial charge in [0.25, 0.3) is 0 Å². The Morgan fingerprint density at radius 1 is 1.09 bits per heavy atom. The predicted molar refractivity (Wildman–Crippen MR) is 92.3 cm³/mol. The molecule has 0 fully saturated rings. The molecule has 3 heteroatoms. The molecule has 0 unspecified atom stereocenters. The number of aryl methyl sites for hydroxylation is 1. The molecule has 2 atom stereocenters. The molecule has 0 radical (unpaired) electrons. The Morgan fingerprint density at radius 3 is 2.39 bits per heavy atom. The quantitative estimate of drug-likeness (QED) is 0.810. The van der Waals surface area contributed by atoms with Crippen LogP contribution in [0.1, 0.15) is 49.6 Å². The Morgan fingerprint density at radius 2 is 1.74 bits per heavy atom.